The highest BCUT2D eigenvalue weighted by Gasteiger charge is 2.41. The number of sulfonamides is 1. The Morgan fingerprint density at radius 2 is 2.15 bits per heavy atom. The van der Waals surface area contributed by atoms with Gasteiger partial charge in [0.25, 0.3) is 0 Å². The zero-order valence-electron chi connectivity index (χ0n) is 12.0. The van der Waals surface area contributed by atoms with E-state index >= 15 is 0 Å². The highest BCUT2D eigenvalue weighted by atomic mass is 32.2. The molecule has 1 heterocycles. The lowest BCUT2D eigenvalue weighted by Gasteiger charge is -2.22. The van der Waals surface area contributed by atoms with Crippen molar-refractivity contribution in [2.45, 2.75) is 50.1 Å². The van der Waals surface area contributed by atoms with Gasteiger partial charge in [-0.3, -0.25) is 0 Å². The summed E-state index contributed by atoms with van der Waals surface area (Å²) < 4.78 is 33.4. The predicted molar refractivity (Wildman–Crippen MR) is 75.8 cm³/mol. The third-order valence-electron chi connectivity index (χ3n) is 4.61. The lowest BCUT2D eigenvalue weighted by Crippen LogP contribution is -2.38. The van der Waals surface area contributed by atoms with Gasteiger partial charge in [0.15, 0.2) is 0 Å². The van der Waals surface area contributed by atoms with Gasteiger partial charge in [-0.05, 0) is 45.1 Å². The summed E-state index contributed by atoms with van der Waals surface area (Å²) in [5.74, 6) is 2.36. The fraction of sp³-hybridized carbons (Fsp3) is 0.714. The lowest BCUT2D eigenvalue weighted by molar-refractivity contribution is 0.390. The van der Waals surface area contributed by atoms with E-state index in [2.05, 4.69) is 10.0 Å². The monoisotopic (exact) mass is 298 g/mol. The number of hydrogen-bond acceptors (Lipinski definition) is 4. The first kappa shape index (κ1) is 14.1. The molecule has 2 N–H and O–H groups in total. The molecule has 20 heavy (non-hydrogen) atoms. The van der Waals surface area contributed by atoms with Gasteiger partial charge in [0.05, 0.1) is 6.54 Å². The van der Waals surface area contributed by atoms with Crippen molar-refractivity contribution in [3.63, 3.8) is 0 Å². The summed E-state index contributed by atoms with van der Waals surface area (Å²) in [6.07, 6.45) is 4.60. The summed E-state index contributed by atoms with van der Waals surface area (Å²) >= 11 is 0. The molecular formula is C14H22N2O3S. The van der Waals surface area contributed by atoms with Gasteiger partial charge in [-0.1, -0.05) is 6.42 Å². The van der Waals surface area contributed by atoms with Crippen molar-refractivity contribution >= 4 is 10.0 Å². The molecule has 2 aliphatic carbocycles. The van der Waals surface area contributed by atoms with E-state index in [1.807, 2.05) is 0 Å². The third kappa shape index (κ3) is 2.52. The van der Waals surface area contributed by atoms with Crippen molar-refractivity contribution in [1.29, 1.82) is 0 Å². The van der Waals surface area contributed by atoms with Gasteiger partial charge in [0, 0.05) is 12.1 Å². The van der Waals surface area contributed by atoms with Crippen LogP contribution in [-0.4, -0.2) is 21.5 Å². The predicted octanol–water partition coefficient (Wildman–Crippen LogP) is 1.77. The van der Waals surface area contributed by atoms with Crippen molar-refractivity contribution in [3.8, 4) is 0 Å². The summed E-state index contributed by atoms with van der Waals surface area (Å²) in [4.78, 5) is 0.283. The van der Waals surface area contributed by atoms with Crippen LogP contribution >= 0.6 is 0 Å². The molecule has 0 aromatic carbocycles. The summed E-state index contributed by atoms with van der Waals surface area (Å²) in [7, 11) is -1.66. The lowest BCUT2D eigenvalue weighted by atomic mass is 9.96. The first-order valence-corrected chi connectivity index (χ1v) is 8.74. The highest BCUT2D eigenvalue weighted by Crippen LogP contribution is 2.44. The van der Waals surface area contributed by atoms with E-state index in [1.165, 1.54) is 12.8 Å². The molecule has 5 nitrogen and oxygen atoms in total. The van der Waals surface area contributed by atoms with Gasteiger partial charge >= 0.3 is 0 Å². The second-order valence-corrected chi connectivity index (χ2v) is 7.75. The summed E-state index contributed by atoms with van der Waals surface area (Å²) in [6.45, 7) is 2.24. The van der Waals surface area contributed by atoms with Crippen molar-refractivity contribution in [2.24, 2.45) is 11.8 Å². The maximum atomic E-state index is 12.5. The van der Waals surface area contributed by atoms with E-state index in [0.717, 1.165) is 18.8 Å². The van der Waals surface area contributed by atoms with E-state index in [0.29, 0.717) is 24.0 Å². The number of aryl methyl sites for hydroxylation is 1. The molecule has 3 unspecified atom stereocenters. The van der Waals surface area contributed by atoms with Crippen LogP contribution < -0.4 is 10.0 Å². The van der Waals surface area contributed by atoms with Gasteiger partial charge in [-0.2, -0.15) is 0 Å². The molecule has 1 aromatic heterocycles. The molecule has 0 amide bonds. The largest absolute Gasteiger partial charge is 0.464 e. The van der Waals surface area contributed by atoms with Crippen molar-refractivity contribution < 1.29 is 12.8 Å². The van der Waals surface area contributed by atoms with Crippen LogP contribution in [0.3, 0.4) is 0 Å². The maximum Gasteiger partial charge on any atom is 0.244 e. The minimum absolute atomic E-state index is 0.112. The van der Waals surface area contributed by atoms with Crippen LogP contribution in [0.2, 0.25) is 0 Å². The molecule has 6 heteroatoms. The number of fused-ring (bicyclic) bond motifs is 2. The van der Waals surface area contributed by atoms with Gasteiger partial charge in [-0.15, -0.1) is 0 Å². The Kier molecular flexibility index (Phi) is 3.64. The molecule has 0 spiro atoms. The molecule has 0 radical (unpaired) electrons. The Balaban J connectivity index is 1.78. The summed E-state index contributed by atoms with van der Waals surface area (Å²) in [6, 6.07) is 1.74. The van der Waals surface area contributed by atoms with Crippen molar-refractivity contribution in [3.05, 3.63) is 17.6 Å². The number of hydrogen-bond donors (Lipinski definition) is 2. The fourth-order valence-corrected chi connectivity index (χ4v) is 5.23. The smallest absolute Gasteiger partial charge is 0.244 e. The molecule has 0 saturated heterocycles. The maximum absolute atomic E-state index is 12.5. The third-order valence-corrected chi connectivity index (χ3v) is 6.21. The second kappa shape index (κ2) is 5.16. The standard InChI is InChI=1S/C14H22N2O3S/c1-9-14(7-12(19-9)8-15-2)20(17,18)16-13-6-10-3-4-11(13)5-10/h7,10-11,13,15-16H,3-6,8H2,1-2H3. The number of nitrogens with one attached hydrogen (secondary N) is 2. The average Bonchev–Trinajstić information content (AvgIpc) is 3.04. The van der Waals surface area contributed by atoms with Gasteiger partial charge in [0.1, 0.15) is 16.4 Å². The quantitative estimate of drug-likeness (QED) is 0.869. The highest BCUT2D eigenvalue weighted by molar-refractivity contribution is 7.89. The zero-order chi connectivity index (χ0) is 14.3. The average molecular weight is 298 g/mol. The normalized spacial score (nSPS) is 29.2. The van der Waals surface area contributed by atoms with Crippen LogP contribution in [0.15, 0.2) is 15.4 Å². The first-order valence-electron chi connectivity index (χ1n) is 7.26. The molecule has 2 bridgehead atoms. The Labute approximate surface area is 120 Å². The fourth-order valence-electron chi connectivity index (χ4n) is 3.70. The van der Waals surface area contributed by atoms with E-state index in [1.54, 1.807) is 20.0 Å². The molecule has 3 rings (SSSR count). The summed E-state index contributed by atoms with van der Waals surface area (Å²) in [5.41, 5.74) is 0. The van der Waals surface area contributed by atoms with E-state index in [9.17, 15) is 8.42 Å². The van der Waals surface area contributed by atoms with Crippen LogP contribution in [0.25, 0.3) is 0 Å². The molecule has 0 aliphatic heterocycles. The van der Waals surface area contributed by atoms with Gasteiger partial charge in [0.2, 0.25) is 10.0 Å². The van der Waals surface area contributed by atoms with Crippen molar-refractivity contribution in [1.82, 2.24) is 10.0 Å². The SMILES string of the molecule is CNCc1cc(S(=O)(=O)NC2CC3CCC2C3)c(C)o1. The Hall–Kier alpha value is -0.850. The number of rotatable bonds is 5. The molecular weight excluding hydrogens is 276 g/mol. The van der Waals surface area contributed by atoms with Crippen molar-refractivity contribution in [2.75, 3.05) is 7.05 Å². The minimum atomic E-state index is -3.47. The summed E-state index contributed by atoms with van der Waals surface area (Å²) in [5, 5.41) is 2.96. The van der Waals surface area contributed by atoms with E-state index in [-0.39, 0.29) is 10.9 Å². The van der Waals surface area contributed by atoms with E-state index < -0.39 is 10.0 Å². The van der Waals surface area contributed by atoms with Crippen LogP contribution in [0.5, 0.6) is 0 Å². The van der Waals surface area contributed by atoms with Crippen LogP contribution in [-0.2, 0) is 16.6 Å². The Morgan fingerprint density at radius 1 is 1.35 bits per heavy atom. The molecule has 2 saturated carbocycles. The van der Waals surface area contributed by atoms with Crippen LogP contribution in [0.1, 0.15) is 37.2 Å². The van der Waals surface area contributed by atoms with E-state index in [4.69, 9.17) is 4.42 Å². The Morgan fingerprint density at radius 3 is 2.75 bits per heavy atom. The van der Waals surface area contributed by atoms with Crippen LogP contribution in [0.4, 0.5) is 0 Å². The zero-order valence-corrected chi connectivity index (χ0v) is 12.8. The number of furan rings is 1. The topological polar surface area (TPSA) is 71.3 Å². The molecule has 3 atom stereocenters. The minimum Gasteiger partial charge on any atom is -0.464 e. The second-order valence-electron chi connectivity index (χ2n) is 6.07. The molecule has 112 valence electrons. The van der Waals surface area contributed by atoms with Gasteiger partial charge < -0.3 is 9.73 Å². The molecule has 1 aromatic rings. The molecule has 2 aliphatic rings. The molecule has 2 fully saturated rings. The Bertz CT molecular complexity index is 594. The van der Waals surface area contributed by atoms with Crippen LogP contribution in [0, 0.1) is 18.8 Å². The van der Waals surface area contributed by atoms with Gasteiger partial charge in [-0.25, -0.2) is 13.1 Å². The first-order chi connectivity index (χ1) is 9.49.